The highest BCUT2D eigenvalue weighted by Crippen LogP contribution is 2.43. The molecule has 0 bridgehead atoms. The van der Waals surface area contributed by atoms with E-state index in [4.69, 9.17) is 28.4 Å². The fourth-order valence-electron chi connectivity index (χ4n) is 9.15. The number of alkyl halides is 3. The average molecular weight is 846 g/mol. The van der Waals surface area contributed by atoms with Crippen LogP contribution in [0.3, 0.4) is 0 Å². The fourth-order valence-corrected chi connectivity index (χ4v) is 9.15. The lowest BCUT2D eigenvalue weighted by Crippen LogP contribution is -2.70. The van der Waals surface area contributed by atoms with Crippen molar-refractivity contribution < 1.29 is 71.9 Å². The molecule has 58 heavy (non-hydrogen) atoms. The quantitative estimate of drug-likeness (QED) is 0.158. The minimum Gasteiger partial charge on any atom is -0.459 e. The van der Waals surface area contributed by atoms with Crippen molar-refractivity contribution in [1.82, 2.24) is 15.5 Å². The van der Waals surface area contributed by atoms with Crippen LogP contribution in [0.15, 0.2) is 0 Å². The number of esters is 1. The molecule has 0 aliphatic carbocycles. The van der Waals surface area contributed by atoms with E-state index in [1.165, 1.54) is 27.9 Å². The van der Waals surface area contributed by atoms with Gasteiger partial charge in [0.2, 0.25) is 0 Å². The normalized spacial score (nSPS) is 47.0. The Morgan fingerprint density at radius 3 is 2.16 bits per heavy atom. The van der Waals surface area contributed by atoms with Crippen molar-refractivity contribution in [1.29, 1.82) is 0 Å². The van der Waals surface area contributed by atoms with Crippen LogP contribution >= 0.6 is 0 Å². The molecule has 0 amide bonds. The van der Waals surface area contributed by atoms with E-state index in [1.807, 2.05) is 32.8 Å². The zero-order valence-electron chi connectivity index (χ0n) is 36.7. The minimum atomic E-state index is -4.53. The van der Waals surface area contributed by atoms with Gasteiger partial charge in [0.15, 0.2) is 12.6 Å². The van der Waals surface area contributed by atoms with Gasteiger partial charge in [-0.15, -0.1) is 0 Å². The summed E-state index contributed by atoms with van der Waals surface area (Å²) in [5.41, 5.74) is -7.05. The molecule has 18 atom stereocenters. The van der Waals surface area contributed by atoms with Gasteiger partial charge in [-0.05, 0) is 94.3 Å². The molecule has 0 spiro atoms. The second-order valence-corrected chi connectivity index (χ2v) is 18.2. The summed E-state index contributed by atoms with van der Waals surface area (Å²) in [4.78, 5) is 16.2. The number of methoxy groups -OCH3 is 1. The van der Waals surface area contributed by atoms with Crippen molar-refractivity contribution in [2.45, 2.75) is 191 Å². The van der Waals surface area contributed by atoms with Gasteiger partial charge in [-0.2, -0.15) is 13.2 Å². The number of nitrogens with zero attached hydrogens (tertiary/aromatic N) is 1. The summed E-state index contributed by atoms with van der Waals surface area (Å²) in [5, 5.41) is 64.4. The maximum Gasteiger partial charge on any atom is 0.401 e. The smallest absolute Gasteiger partial charge is 0.401 e. The Morgan fingerprint density at radius 2 is 1.60 bits per heavy atom. The highest BCUT2D eigenvalue weighted by Gasteiger charge is 2.58. The van der Waals surface area contributed by atoms with Crippen molar-refractivity contribution in [3.8, 4) is 0 Å². The van der Waals surface area contributed by atoms with Gasteiger partial charge < -0.3 is 69.5 Å². The first kappa shape index (κ1) is 51.1. The second-order valence-electron chi connectivity index (χ2n) is 18.2. The predicted molar refractivity (Wildman–Crippen MR) is 207 cm³/mol. The third kappa shape index (κ3) is 11.8. The van der Waals surface area contributed by atoms with E-state index in [2.05, 4.69) is 10.6 Å². The van der Waals surface area contributed by atoms with E-state index in [0.29, 0.717) is 13.0 Å². The molecular formula is C40H74F3N3O12. The van der Waals surface area contributed by atoms with Gasteiger partial charge in [0.05, 0.1) is 42.5 Å². The number of halogens is 3. The predicted octanol–water partition coefficient (Wildman–Crippen LogP) is 2.08. The lowest BCUT2D eigenvalue weighted by Gasteiger charge is -2.53. The summed E-state index contributed by atoms with van der Waals surface area (Å²) in [6.45, 7) is 14.9. The molecule has 0 aromatic rings. The Hall–Kier alpha value is -1.26. The number of hydrogen-bond acceptors (Lipinski definition) is 15. The molecule has 342 valence electrons. The van der Waals surface area contributed by atoms with E-state index in [0.717, 1.165) is 0 Å². The summed E-state index contributed by atoms with van der Waals surface area (Å²) >= 11 is 0. The monoisotopic (exact) mass is 846 g/mol. The van der Waals surface area contributed by atoms with E-state index in [1.54, 1.807) is 34.6 Å². The van der Waals surface area contributed by atoms with Crippen molar-refractivity contribution in [3.05, 3.63) is 0 Å². The molecule has 3 heterocycles. The molecule has 0 aromatic carbocycles. The maximum absolute atomic E-state index is 14.3. The van der Waals surface area contributed by atoms with Crippen molar-refractivity contribution in [2.24, 2.45) is 17.8 Å². The number of carbonyl (C=O) groups excluding carboxylic acids is 1. The molecular weight excluding hydrogens is 771 g/mol. The van der Waals surface area contributed by atoms with Crippen LogP contribution in [0.25, 0.3) is 0 Å². The number of aliphatic hydroxyl groups excluding tert-OH is 2. The summed E-state index contributed by atoms with van der Waals surface area (Å²) in [7, 11) is 4.99. The summed E-state index contributed by atoms with van der Waals surface area (Å²) in [6.07, 6.45) is -13.9. The van der Waals surface area contributed by atoms with Crippen LogP contribution in [-0.2, 0) is 33.2 Å². The van der Waals surface area contributed by atoms with Crippen LogP contribution < -0.4 is 10.6 Å². The Kier molecular flexibility index (Phi) is 17.5. The molecule has 3 saturated heterocycles. The van der Waals surface area contributed by atoms with Gasteiger partial charge >= 0.3 is 12.1 Å². The third-order valence-corrected chi connectivity index (χ3v) is 12.9. The highest BCUT2D eigenvalue weighted by molar-refractivity contribution is 5.73. The average Bonchev–Trinajstić information content (AvgIpc) is 3.11. The Balaban J connectivity index is 2.15. The third-order valence-electron chi connectivity index (χ3n) is 12.9. The van der Waals surface area contributed by atoms with Crippen LogP contribution in [0.2, 0.25) is 0 Å². The van der Waals surface area contributed by atoms with E-state index in [9.17, 15) is 43.5 Å². The van der Waals surface area contributed by atoms with Gasteiger partial charge in [-0.3, -0.25) is 4.79 Å². The first-order valence-corrected chi connectivity index (χ1v) is 20.6. The molecule has 3 fully saturated rings. The van der Waals surface area contributed by atoms with E-state index in [-0.39, 0.29) is 37.3 Å². The number of carbonyl (C=O) groups is 1. The lowest BCUT2D eigenvalue weighted by atomic mass is 9.75. The number of aliphatic hydroxyl groups is 5. The van der Waals surface area contributed by atoms with Gasteiger partial charge in [-0.1, -0.05) is 20.8 Å². The number of rotatable bonds is 10. The molecule has 3 rings (SSSR count). The van der Waals surface area contributed by atoms with Crippen LogP contribution in [0.4, 0.5) is 13.2 Å². The standard InChI is InChI=1S/C40H74F3N3O12/c1-14-28-38(10,51)32(48)25(6)45-18-21(2)16-36(8,50)33(58-35-30(47)27(46(11)12)15-22(3)54-35)23(4)31(24(5)34(49)56-28)57-29-17-37(9,53-13)39(52,26(7)55-29)19-44-20-40(41,42)43/h21-33,35,44-45,47-48,50-52H,14-20H2,1-13H3/t21-,22-,23+,24-,25+,26+,27+,28+,29+,30-,31+,32-,33-,35+,36+,37-,38-,39-/m1/s1. The molecule has 0 aromatic heterocycles. The molecule has 18 heteroatoms. The summed E-state index contributed by atoms with van der Waals surface area (Å²) in [5.74, 6) is -3.11. The second kappa shape index (κ2) is 19.8. The van der Waals surface area contributed by atoms with Gasteiger partial charge in [-0.25, -0.2) is 0 Å². The number of ether oxygens (including phenoxy) is 6. The number of hydrogen-bond donors (Lipinski definition) is 7. The molecule has 15 nitrogen and oxygen atoms in total. The lowest BCUT2D eigenvalue weighted by molar-refractivity contribution is -0.336. The zero-order chi connectivity index (χ0) is 44.3. The van der Waals surface area contributed by atoms with Gasteiger partial charge in [0.1, 0.15) is 35.1 Å². The topological polar surface area (TPSA) is 201 Å². The Morgan fingerprint density at radius 1 is 0.983 bits per heavy atom. The minimum absolute atomic E-state index is 0.128. The molecule has 7 N–H and O–H groups in total. The van der Waals surface area contributed by atoms with E-state index < -0.39 is 115 Å². The van der Waals surface area contributed by atoms with Gasteiger partial charge in [0, 0.05) is 38.1 Å². The Bertz CT molecular complexity index is 1320. The maximum atomic E-state index is 14.3. The van der Waals surface area contributed by atoms with Crippen LogP contribution in [0, 0.1) is 17.8 Å². The number of cyclic esters (lactones) is 1. The summed E-state index contributed by atoms with van der Waals surface area (Å²) in [6, 6.07) is -1.00. The first-order valence-electron chi connectivity index (χ1n) is 20.6. The first-order chi connectivity index (χ1) is 26.5. The molecule has 0 radical (unpaired) electrons. The van der Waals surface area contributed by atoms with E-state index >= 15 is 0 Å². The largest absolute Gasteiger partial charge is 0.459 e. The summed E-state index contributed by atoms with van der Waals surface area (Å²) < 4.78 is 76.8. The molecule has 0 saturated carbocycles. The van der Waals surface area contributed by atoms with Gasteiger partial charge in [0.25, 0.3) is 0 Å². The molecule has 0 unspecified atom stereocenters. The van der Waals surface area contributed by atoms with Crippen LogP contribution in [-0.4, -0.2) is 173 Å². The van der Waals surface area contributed by atoms with Crippen molar-refractivity contribution in [2.75, 3.05) is 40.8 Å². The molecule has 3 aliphatic rings. The molecule has 3 aliphatic heterocycles. The van der Waals surface area contributed by atoms with Crippen LogP contribution in [0.5, 0.6) is 0 Å². The van der Waals surface area contributed by atoms with Crippen LogP contribution in [0.1, 0.15) is 94.9 Å². The zero-order valence-corrected chi connectivity index (χ0v) is 36.7. The van der Waals surface area contributed by atoms with Crippen molar-refractivity contribution >= 4 is 5.97 Å². The fraction of sp³-hybridized carbons (Fsp3) is 0.975. The number of nitrogens with one attached hydrogen (secondary N) is 2. The van der Waals surface area contributed by atoms with Crippen molar-refractivity contribution in [3.63, 3.8) is 0 Å². The Labute approximate surface area is 342 Å². The SMILES string of the molecule is CC[C@@H]1OC(=O)[C@H](C)[C@@H](O[C@H]2C[C@@](C)(OC)[C@@](O)(CNCC(F)(F)F)[C@H](C)O2)[C@H](C)[C@@H](O[C@@H]2O[C@H](C)C[C@H](N(C)C)[C@H]2O)[C@@](C)(O)C[C@@H](C)CN[C@@H](C)[C@@H](O)[C@]1(C)O. The number of likely N-dealkylation sites (N-methyl/N-ethyl adjacent to an activating group) is 1. The highest BCUT2D eigenvalue weighted by atomic mass is 19.4.